The smallest absolute Gasteiger partial charge is 0.191 e. The van der Waals surface area contributed by atoms with Gasteiger partial charge in [0.1, 0.15) is 5.82 Å². The molecule has 9 heteroatoms. The number of aryl methyl sites for hydroxylation is 1. The molecule has 0 fully saturated rings. The van der Waals surface area contributed by atoms with Crippen LogP contribution in [0.25, 0.3) is 0 Å². The largest absolute Gasteiger partial charge is 0.356 e. The maximum absolute atomic E-state index is 13.5. The van der Waals surface area contributed by atoms with Gasteiger partial charge in [0.15, 0.2) is 15.8 Å². The van der Waals surface area contributed by atoms with Crippen molar-refractivity contribution in [3.8, 4) is 0 Å². The number of halogens is 1. The molecule has 1 aromatic heterocycles. The Labute approximate surface area is 157 Å². The fourth-order valence-electron chi connectivity index (χ4n) is 2.39. The highest BCUT2D eigenvalue weighted by molar-refractivity contribution is 7.89. The summed E-state index contributed by atoms with van der Waals surface area (Å²) in [4.78, 5) is 9.61. The zero-order valence-electron chi connectivity index (χ0n) is 15.0. The van der Waals surface area contributed by atoms with Gasteiger partial charge in [-0.1, -0.05) is 6.07 Å². The highest BCUT2D eigenvalue weighted by atomic mass is 32.2. The molecule has 0 amide bonds. The van der Waals surface area contributed by atoms with Gasteiger partial charge in [0, 0.05) is 43.9 Å². The standard InChI is InChI=1S/C17H23FN4O2S2/c1-12-9-21-16(25-12)6-7-20-17(19-2)22-10-14-8-15(18)5-4-13(14)11-26(3,23)24/h4-5,8-9H,6-7,10-11H2,1-3H3,(H2,19,20,22). The van der Waals surface area contributed by atoms with E-state index in [2.05, 4.69) is 20.6 Å². The molecule has 1 heterocycles. The number of rotatable bonds is 7. The van der Waals surface area contributed by atoms with E-state index in [9.17, 15) is 12.8 Å². The summed E-state index contributed by atoms with van der Waals surface area (Å²) in [6.07, 6.45) is 3.78. The molecule has 0 saturated heterocycles. The Hall–Kier alpha value is -2.00. The van der Waals surface area contributed by atoms with Crippen molar-refractivity contribution in [3.63, 3.8) is 0 Å². The van der Waals surface area contributed by atoms with Gasteiger partial charge in [-0.25, -0.2) is 17.8 Å². The maximum atomic E-state index is 13.5. The average molecular weight is 399 g/mol. The molecule has 2 aromatic rings. The second kappa shape index (κ2) is 9.09. The van der Waals surface area contributed by atoms with Crippen molar-refractivity contribution in [2.24, 2.45) is 4.99 Å². The molecule has 2 N–H and O–H groups in total. The predicted molar refractivity (Wildman–Crippen MR) is 104 cm³/mol. The number of thiazole rings is 1. The summed E-state index contributed by atoms with van der Waals surface area (Å²) in [5.41, 5.74) is 1.17. The summed E-state index contributed by atoms with van der Waals surface area (Å²) >= 11 is 1.66. The van der Waals surface area contributed by atoms with Crippen molar-refractivity contribution in [2.75, 3.05) is 19.8 Å². The van der Waals surface area contributed by atoms with Gasteiger partial charge in [-0.15, -0.1) is 11.3 Å². The van der Waals surface area contributed by atoms with E-state index in [-0.39, 0.29) is 12.3 Å². The van der Waals surface area contributed by atoms with Gasteiger partial charge in [-0.2, -0.15) is 0 Å². The van der Waals surface area contributed by atoms with Gasteiger partial charge < -0.3 is 10.6 Å². The van der Waals surface area contributed by atoms with Crippen molar-refractivity contribution in [1.82, 2.24) is 15.6 Å². The van der Waals surface area contributed by atoms with Crippen LogP contribution in [0.2, 0.25) is 0 Å². The molecular formula is C17H23FN4O2S2. The highest BCUT2D eigenvalue weighted by Gasteiger charge is 2.11. The van der Waals surface area contributed by atoms with Gasteiger partial charge >= 0.3 is 0 Å². The molecule has 0 bridgehead atoms. The minimum atomic E-state index is -3.20. The van der Waals surface area contributed by atoms with Crippen LogP contribution in [-0.4, -0.2) is 39.2 Å². The lowest BCUT2D eigenvalue weighted by Crippen LogP contribution is -2.38. The number of nitrogens with zero attached hydrogens (tertiary/aromatic N) is 2. The summed E-state index contributed by atoms with van der Waals surface area (Å²) in [6.45, 7) is 2.95. The Morgan fingerprint density at radius 1 is 1.31 bits per heavy atom. The number of aliphatic imine (C=N–C) groups is 1. The Morgan fingerprint density at radius 3 is 2.69 bits per heavy atom. The molecular weight excluding hydrogens is 375 g/mol. The lowest BCUT2D eigenvalue weighted by molar-refractivity contribution is 0.599. The van der Waals surface area contributed by atoms with Gasteiger partial charge in [0.05, 0.1) is 10.8 Å². The molecule has 0 aliphatic heterocycles. The van der Waals surface area contributed by atoms with E-state index in [4.69, 9.17) is 0 Å². The number of benzene rings is 1. The number of nitrogens with one attached hydrogen (secondary N) is 2. The lowest BCUT2D eigenvalue weighted by atomic mass is 10.1. The minimum Gasteiger partial charge on any atom is -0.356 e. The molecule has 0 aliphatic carbocycles. The van der Waals surface area contributed by atoms with Crippen LogP contribution in [0.3, 0.4) is 0 Å². The number of sulfone groups is 1. The third-order valence-electron chi connectivity index (χ3n) is 3.56. The molecule has 1 aromatic carbocycles. The normalized spacial score (nSPS) is 12.2. The van der Waals surface area contributed by atoms with E-state index in [0.29, 0.717) is 23.6 Å². The van der Waals surface area contributed by atoms with E-state index in [0.717, 1.165) is 17.7 Å². The first-order chi connectivity index (χ1) is 12.3. The monoisotopic (exact) mass is 398 g/mol. The van der Waals surface area contributed by atoms with Crippen LogP contribution in [-0.2, 0) is 28.6 Å². The third kappa shape index (κ3) is 6.72. The van der Waals surface area contributed by atoms with Crippen LogP contribution >= 0.6 is 11.3 Å². The van der Waals surface area contributed by atoms with Crippen molar-refractivity contribution in [2.45, 2.75) is 25.6 Å². The Morgan fingerprint density at radius 2 is 2.08 bits per heavy atom. The zero-order chi connectivity index (χ0) is 19.2. The minimum absolute atomic E-state index is 0.125. The fraction of sp³-hybridized carbons (Fsp3) is 0.412. The molecule has 0 aliphatic rings. The summed E-state index contributed by atoms with van der Waals surface area (Å²) in [6, 6.07) is 4.13. The molecule has 2 rings (SSSR count). The van der Waals surface area contributed by atoms with Crippen LogP contribution in [0.1, 0.15) is 21.0 Å². The summed E-state index contributed by atoms with van der Waals surface area (Å²) in [7, 11) is -1.56. The first-order valence-corrected chi connectivity index (χ1v) is 11.0. The van der Waals surface area contributed by atoms with Gasteiger partial charge in [-0.05, 0) is 30.2 Å². The van der Waals surface area contributed by atoms with Crippen LogP contribution in [0.4, 0.5) is 4.39 Å². The molecule has 6 nitrogen and oxygen atoms in total. The van der Waals surface area contributed by atoms with Crippen LogP contribution in [0, 0.1) is 12.7 Å². The second-order valence-corrected chi connectivity index (χ2v) is 9.41. The van der Waals surface area contributed by atoms with Crippen LogP contribution in [0.15, 0.2) is 29.4 Å². The number of guanidine groups is 1. The molecule has 0 unspecified atom stereocenters. The maximum Gasteiger partial charge on any atom is 0.191 e. The Kier molecular flexibility index (Phi) is 7.10. The van der Waals surface area contributed by atoms with E-state index in [1.807, 2.05) is 13.1 Å². The predicted octanol–water partition coefficient (Wildman–Crippen LogP) is 2.04. The summed E-state index contributed by atoms with van der Waals surface area (Å²) < 4.78 is 36.7. The number of hydrogen-bond donors (Lipinski definition) is 2. The number of aromatic nitrogens is 1. The van der Waals surface area contributed by atoms with Crippen molar-refractivity contribution < 1.29 is 12.8 Å². The van der Waals surface area contributed by atoms with Crippen LogP contribution in [0.5, 0.6) is 0 Å². The molecule has 0 atom stereocenters. The van der Waals surface area contributed by atoms with Gasteiger partial charge in [-0.3, -0.25) is 4.99 Å². The number of hydrogen-bond acceptors (Lipinski definition) is 5. The Balaban J connectivity index is 1.94. The van der Waals surface area contributed by atoms with E-state index < -0.39 is 15.7 Å². The fourth-order valence-corrected chi connectivity index (χ4v) is 4.02. The molecule has 26 heavy (non-hydrogen) atoms. The van der Waals surface area contributed by atoms with Crippen molar-refractivity contribution in [1.29, 1.82) is 0 Å². The molecule has 0 radical (unpaired) electrons. The van der Waals surface area contributed by atoms with Gasteiger partial charge in [0.2, 0.25) is 0 Å². The van der Waals surface area contributed by atoms with Crippen LogP contribution < -0.4 is 10.6 Å². The van der Waals surface area contributed by atoms with Crippen molar-refractivity contribution in [3.05, 3.63) is 51.2 Å². The molecule has 0 spiro atoms. The van der Waals surface area contributed by atoms with E-state index in [1.54, 1.807) is 18.4 Å². The molecule has 0 saturated carbocycles. The molecule has 142 valence electrons. The highest BCUT2D eigenvalue weighted by Crippen LogP contribution is 2.14. The quantitative estimate of drug-likeness (QED) is 0.551. The average Bonchev–Trinajstić information content (AvgIpc) is 2.97. The second-order valence-electron chi connectivity index (χ2n) is 5.95. The van der Waals surface area contributed by atoms with E-state index in [1.165, 1.54) is 23.1 Å². The first-order valence-electron chi connectivity index (χ1n) is 8.07. The summed E-state index contributed by atoms with van der Waals surface area (Å²) in [5, 5.41) is 7.31. The van der Waals surface area contributed by atoms with Crippen molar-refractivity contribution >= 4 is 27.1 Å². The van der Waals surface area contributed by atoms with Gasteiger partial charge in [0.25, 0.3) is 0 Å². The topological polar surface area (TPSA) is 83.4 Å². The Bertz CT molecular complexity index is 879. The first kappa shape index (κ1) is 20.3. The lowest BCUT2D eigenvalue weighted by Gasteiger charge is -2.14. The zero-order valence-corrected chi connectivity index (χ0v) is 16.7. The summed E-state index contributed by atoms with van der Waals surface area (Å²) in [5.74, 6) is 0.0358. The SMILES string of the molecule is CN=C(NCCc1ncc(C)s1)NCc1cc(F)ccc1CS(C)(=O)=O. The van der Waals surface area contributed by atoms with E-state index >= 15 is 0 Å². The third-order valence-corrected chi connectivity index (χ3v) is 5.36.